The molecule has 0 radical (unpaired) electrons. The van der Waals surface area contributed by atoms with Crippen molar-refractivity contribution in [3.05, 3.63) is 98.1 Å². The second-order valence-corrected chi connectivity index (χ2v) is 10.2. The Bertz CT molecular complexity index is 1050. The van der Waals surface area contributed by atoms with E-state index in [1.807, 2.05) is 19.1 Å². The summed E-state index contributed by atoms with van der Waals surface area (Å²) in [6.07, 6.45) is 9.93. The van der Waals surface area contributed by atoms with E-state index in [9.17, 15) is 0 Å². The molecule has 0 atom stereocenters. The highest BCUT2D eigenvalue weighted by Crippen LogP contribution is 2.35. The zero-order valence-electron chi connectivity index (χ0n) is 22.0. The van der Waals surface area contributed by atoms with Crippen molar-refractivity contribution in [3.8, 4) is 0 Å². The van der Waals surface area contributed by atoms with Crippen LogP contribution in [0, 0.1) is 6.92 Å². The monoisotopic (exact) mass is 493 g/mol. The number of hydrogen-bond donors (Lipinski definition) is 0. The number of nitrogens with zero attached hydrogens (tertiary/aromatic N) is 1. The Morgan fingerprint density at radius 1 is 0.941 bits per heavy atom. The molecule has 3 heteroatoms. The zero-order valence-corrected chi connectivity index (χ0v) is 23.5. The van der Waals surface area contributed by atoms with Gasteiger partial charge in [0, 0.05) is 16.3 Å². The van der Waals surface area contributed by atoms with Crippen LogP contribution in [0.3, 0.4) is 0 Å². The third-order valence-corrected chi connectivity index (χ3v) is 7.27. The third-order valence-electron chi connectivity index (χ3n) is 6.21. The van der Waals surface area contributed by atoms with E-state index in [1.54, 1.807) is 11.8 Å². The second kappa shape index (κ2) is 14.4. The SMILES string of the molecule is C/C=C(/N=C(C)\C(C(CCCCCc1ccccc1)=C(C)C)=C(/C)c1c(C)cccc1Cl)SC. The van der Waals surface area contributed by atoms with E-state index in [0.717, 1.165) is 40.6 Å². The van der Waals surface area contributed by atoms with Gasteiger partial charge < -0.3 is 0 Å². The fraction of sp³-hybridized carbons (Fsp3) is 0.387. The van der Waals surface area contributed by atoms with Crippen molar-refractivity contribution in [1.29, 1.82) is 0 Å². The van der Waals surface area contributed by atoms with E-state index < -0.39 is 0 Å². The van der Waals surface area contributed by atoms with Gasteiger partial charge in [-0.25, -0.2) is 4.99 Å². The van der Waals surface area contributed by atoms with Gasteiger partial charge >= 0.3 is 0 Å². The molecule has 0 saturated carbocycles. The summed E-state index contributed by atoms with van der Waals surface area (Å²) >= 11 is 8.40. The number of aryl methyl sites for hydroxylation is 2. The third kappa shape index (κ3) is 8.03. The Balaban J connectivity index is 2.39. The highest BCUT2D eigenvalue weighted by Gasteiger charge is 2.18. The number of hydrogen-bond acceptors (Lipinski definition) is 2. The molecule has 0 bridgehead atoms. The van der Waals surface area contributed by atoms with Crippen LogP contribution in [0.4, 0.5) is 0 Å². The maximum absolute atomic E-state index is 6.72. The first-order chi connectivity index (χ1) is 16.3. The van der Waals surface area contributed by atoms with Crippen molar-refractivity contribution in [3.63, 3.8) is 0 Å². The Morgan fingerprint density at radius 2 is 1.65 bits per heavy atom. The largest absolute Gasteiger partial charge is 0.247 e. The maximum atomic E-state index is 6.72. The Morgan fingerprint density at radius 3 is 2.24 bits per heavy atom. The van der Waals surface area contributed by atoms with Gasteiger partial charge in [-0.3, -0.25) is 0 Å². The summed E-state index contributed by atoms with van der Waals surface area (Å²) in [5.74, 6) is 0. The predicted octanol–water partition coefficient (Wildman–Crippen LogP) is 10.2. The summed E-state index contributed by atoms with van der Waals surface area (Å²) in [6.45, 7) is 13.0. The van der Waals surface area contributed by atoms with Gasteiger partial charge in [0.2, 0.25) is 0 Å². The van der Waals surface area contributed by atoms with Crippen LogP contribution in [0.15, 0.2) is 81.3 Å². The van der Waals surface area contributed by atoms with Gasteiger partial charge in [-0.2, -0.15) is 0 Å². The van der Waals surface area contributed by atoms with Crippen LogP contribution >= 0.6 is 23.4 Å². The fourth-order valence-electron chi connectivity index (χ4n) is 4.47. The molecule has 182 valence electrons. The molecule has 0 aliphatic carbocycles. The van der Waals surface area contributed by atoms with Gasteiger partial charge in [0.15, 0.2) is 0 Å². The summed E-state index contributed by atoms with van der Waals surface area (Å²) in [5, 5.41) is 1.84. The van der Waals surface area contributed by atoms with E-state index in [2.05, 4.69) is 83.3 Å². The number of benzene rings is 2. The van der Waals surface area contributed by atoms with Crippen LogP contribution in [-0.4, -0.2) is 12.0 Å². The summed E-state index contributed by atoms with van der Waals surface area (Å²) in [5.41, 5.74) is 10.0. The van der Waals surface area contributed by atoms with Crippen LogP contribution < -0.4 is 0 Å². The summed E-state index contributed by atoms with van der Waals surface area (Å²) in [7, 11) is 0. The van der Waals surface area contributed by atoms with Crippen molar-refractivity contribution < 1.29 is 0 Å². The van der Waals surface area contributed by atoms with E-state index in [0.29, 0.717) is 0 Å². The van der Waals surface area contributed by atoms with Crippen molar-refractivity contribution in [2.24, 2.45) is 4.99 Å². The maximum Gasteiger partial charge on any atom is 0.0917 e. The molecule has 0 heterocycles. The number of thioether (sulfide) groups is 1. The van der Waals surface area contributed by atoms with Crippen molar-refractivity contribution in [2.45, 2.75) is 73.6 Å². The van der Waals surface area contributed by atoms with Gasteiger partial charge in [0.25, 0.3) is 0 Å². The van der Waals surface area contributed by atoms with Crippen molar-refractivity contribution in [1.82, 2.24) is 0 Å². The molecule has 0 fully saturated rings. The van der Waals surface area contributed by atoms with Gasteiger partial charge in [-0.15, -0.1) is 11.8 Å². The number of halogens is 1. The Labute approximate surface area is 217 Å². The molecule has 2 rings (SSSR count). The molecule has 0 aliphatic heterocycles. The van der Waals surface area contributed by atoms with Gasteiger partial charge in [0.1, 0.15) is 0 Å². The van der Waals surface area contributed by atoms with E-state index in [4.69, 9.17) is 16.6 Å². The Kier molecular flexibility index (Phi) is 11.9. The number of aliphatic imine (C=N–C) groups is 1. The molecule has 0 spiro atoms. The predicted molar refractivity (Wildman–Crippen MR) is 156 cm³/mol. The summed E-state index contributed by atoms with van der Waals surface area (Å²) in [6, 6.07) is 16.9. The number of allylic oxidation sites excluding steroid dienone is 5. The van der Waals surface area contributed by atoms with Gasteiger partial charge in [-0.1, -0.05) is 72.1 Å². The number of unbranched alkanes of at least 4 members (excludes halogenated alkanes) is 2. The summed E-state index contributed by atoms with van der Waals surface area (Å²) in [4.78, 5) is 5.01. The van der Waals surface area contributed by atoms with Crippen LogP contribution in [0.5, 0.6) is 0 Å². The molecule has 0 N–H and O–H groups in total. The van der Waals surface area contributed by atoms with Crippen LogP contribution in [0.25, 0.3) is 5.57 Å². The standard InChI is InChI=1S/C31H40ClNS/c1-8-29(34-7)33-25(6)31(24(5)30-23(4)16-15-21-28(30)32)27(22(2)3)20-14-10-13-19-26-17-11-9-12-18-26/h8-9,11-12,15-18,21H,10,13-14,19-20H2,1-7H3/b29-8-,31-24-,33-25-. The molecule has 34 heavy (non-hydrogen) atoms. The topological polar surface area (TPSA) is 12.4 Å². The fourth-order valence-corrected chi connectivity index (χ4v) is 5.30. The molecular formula is C31H40ClNS. The van der Waals surface area contributed by atoms with E-state index >= 15 is 0 Å². The molecular weight excluding hydrogens is 454 g/mol. The molecule has 0 aliphatic rings. The highest BCUT2D eigenvalue weighted by molar-refractivity contribution is 8.02. The molecule has 0 unspecified atom stereocenters. The first-order valence-corrected chi connectivity index (χ1v) is 13.8. The highest BCUT2D eigenvalue weighted by atomic mass is 35.5. The summed E-state index contributed by atoms with van der Waals surface area (Å²) < 4.78 is 0. The smallest absolute Gasteiger partial charge is 0.0917 e. The zero-order chi connectivity index (χ0) is 25.1. The minimum Gasteiger partial charge on any atom is -0.247 e. The van der Waals surface area contributed by atoms with Gasteiger partial charge in [-0.05, 0) is 107 Å². The van der Waals surface area contributed by atoms with Crippen LogP contribution in [-0.2, 0) is 6.42 Å². The van der Waals surface area contributed by atoms with E-state index in [1.165, 1.54) is 46.3 Å². The van der Waals surface area contributed by atoms with Crippen LogP contribution in [0.2, 0.25) is 5.02 Å². The van der Waals surface area contributed by atoms with Gasteiger partial charge in [0.05, 0.1) is 5.03 Å². The average molecular weight is 494 g/mol. The minimum absolute atomic E-state index is 0.801. The quantitative estimate of drug-likeness (QED) is 0.172. The van der Waals surface area contributed by atoms with Crippen molar-refractivity contribution >= 4 is 34.6 Å². The molecule has 0 aromatic heterocycles. The lowest BCUT2D eigenvalue weighted by Crippen LogP contribution is -2.08. The second-order valence-electron chi connectivity index (χ2n) is 8.98. The molecule has 1 nitrogen and oxygen atoms in total. The molecule has 0 saturated heterocycles. The number of rotatable bonds is 11. The van der Waals surface area contributed by atoms with Crippen LogP contribution in [0.1, 0.15) is 77.0 Å². The molecule has 0 amide bonds. The first-order valence-electron chi connectivity index (χ1n) is 12.2. The molecule has 2 aromatic carbocycles. The Hall–Kier alpha value is -2.03. The normalized spacial score (nSPS) is 13.1. The lowest BCUT2D eigenvalue weighted by atomic mass is 9.86. The van der Waals surface area contributed by atoms with E-state index in [-0.39, 0.29) is 0 Å². The lowest BCUT2D eigenvalue weighted by molar-refractivity contribution is 0.677. The molecule has 2 aromatic rings. The lowest BCUT2D eigenvalue weighted by Gasteiger charge is -2.21. The van der Waals surface area contributed by atoms with Crippen molar-refractivity contribution in [2.75, 3.05) is 6.26 Å². The first kappa shape index (κ1) is 28.2. The average Bonchev–Trinajstić information content (AvgIpc) is 2.81. The minimum atomic E-state index is 0.801.